The largest absolute Gasteiger partial charge is 0.396 e. The van der Waals surface area contributed by atoms with E-state index in [-0.39, 0.29) is 0 Å². The molecule has 1 heteroatoms. The van der Waals surface area contributed by atoms with Crippen molar-refractivity contribution in [2.45, 2.75) is 44.9 Å². The molecule has 0 bridgehead atoms. The molecular formula is C14H22O. The number of aliphatic hydroxyl groups is 1. The van der Waals surface area contributed by atoms with Crippen molar-refractivity contribution in [1.29, 1.82) is 0 Å². The molecule has 1 unspecified atom stereocenters. The maximum absolute atomic E-state index is 8.71. The number of hydrogen-bond acceptors (Lipinski definition) is 1. The van der Waals surface area contributed by atoms with Gasteiger partial charge < -0.3 is 5.11 Å². The summed E-state index contributed by atoms with van der Waals surface area (Å²) in [4.78, 5) is 0. The van der Waals surface area contributed by atoms with Gasteiger partial charge in [0.25, 0.3) is 0 Å². The fourth-order valence-corrected chi connectivity index (χ4v) is 2.01. The summed E-state index contributed by atoms with van der Waals surface area (Å²) in [6.07, 6.45) is 5.79. The van der Waals surface area contributed by atoms with E-state index in [9.17, 15) is 0 Å². The highest BCUT2D eigenvalue weighted by Gasteiger charge is 2.07. The third-order valence-corrected chi connectivity index (χ3v) is 2.97. The number of hydrogen-bond donors (Lipinski definition) is 1. The van der Waals surface area contributed by atoms with Gasteiger partial charge in [-0.3, -0.25) is 0 Å². The van der Waals surface area contributed by atoms with Crippen LogP contribution < -0.4 is 0 Å². The number of aliphatic hydroxyl groups excluding tert-OH is 1. The first-order chi connectivity index (χ1) is 7.38. The van der Waals surface area contributed by atoms with Crippen molar-refractivity contribution in [1.82, 2.24) is 0 Å². The summed E-state index contributed by atoms with van der Waals surface area (Å²) in [6.45, 7) is 2.59. The van der Waals surface area contributed by atoms with Gasteiger partial charge in [-0.15, -0.1) is 0 Å². The lowest BCUT2D eigenvalue weighted by Crippen LogP contribution is -1.97. The van der Waals surface area contributed by atoms with Crippen molar-refractivity contribution in [3.8, 4) is 0 Å². The third-order valence-electron chi connectivity index (χ3n) is 2.97. The van der Waals surface area contributed by atoms with E-state index in [0.29, 0.717) is 12.5 Å². The summed E-state index contributed by atoms with van der Waals surface area (Å²) < 4.78 is 0. The van der Waals surface area contributed by atoms with Gasteiger partial charge in [0.2, 0.25) is 0 Å². The summed E-state index contributed by atoms with van der Waals surface area (Å²) in [6, 6.07) is 10.7. The highest BCUT2D eigenvalue weighted by molar-refractivity contribution is 5.19. The first-order valence-electron chi connectivity index (χ1n) is 6.04. The van der Waals surface area contributed by atoms with Gasteiger partial charge in [-0.1, -0.05) is 50.1 Å². The van der Waals surface area contributed by atoms with Crippen molar-refractivity contribution in [3.63, 3.8) is 0 Å². The van der Waals surface area contributed by atoms with Crippen molar-refractivity contribution < 1.29 is 5.11 Å². The molecule has 0 heterocycles. The van der Waals surface area contributed by atoms with Crippen molar-refractivity contribution >= 4 is 0 Å². The molecular weight excluding hydrogens is 184 g/mol. The number of unbranched alkanes of at least 4 members (excludes halogenated alkanes) is 2. The van der Waals surface area contributed by atoms with E-state index in [2.05, 4.69) is 37.3 Å². The lowest BCUT2D eigenvalue weighted by Gasteiger charge is -2.14. The standard InChI is InChI=1S/C14H22O/c1-2-13(9-7-4-8-12-15)14-10-5-3-6-11-14/h3,5-6,10-11,13,15H,2,4,7-9,12H2,1H3. The normalized spacial score (nSPS) is 12.7. The summed E-state index contributed by atoms with van der Waals surface area (Å²) in [7, 11) is 0. The van der Waals surface area contributed by atoms with E-state index in [4.69, 9.17) is 5.11 Å². The summed E-state index contributed by atoms with van der Waals surface area (Å²) in [5, 5.41) is 8.71. The minimum atomic E-state index is 0.335. The van der Waals surface area contributed by atoms with Crippen LogP contribution in [0.5, 0.6) is 0 Å². The lowest BCUT2D eigenvalue weighted by atomic mass is 9.91. The first kappa shape index (κ1) is 12.3. The van der Waals surface area contributed by atoms with Crippen LogP contribution in [0.4, 0.5) is 0 Å². The van der Waals surface area contributed by atoms with Crippen LogP contribution in [-0.2, 0) is 0 Å². The van der Waals surface area contributed by atoms with Crippen LogP contribution in [0.25, 0.3) is 0 Å². The van der Waals surface area contributed by atoms with Gasteiger partial charge >= 0.3 is 0 Å². The van der Waals surface area contributed by atoms with Gasteiger partial charge in [-0.2, -0.15) is 0 Å². The minimum absolute atomic E-state index is 0.335. The SMILES string of the molecule is CCC(CCCCCO)c1ccccc1. The predicted octanol–water partition coefficient (Wildman–Crippen LogP) is 3.73. The van der Waals surface area contributed by atoms with Gasteiger partial charge in [0.05, 0.1) is 0 Å². The maximum atomic E-state index is 8.71. The van der Waals surface area contributed by atoms with Crippen LogP contribution in [0.15, 0.2) is 30.3 Å². The fraction of sp³-hybridized carbons (Fsp3) is 0.571. The first-order valence-corrected chi connectivity index (χ1v) is 6.04. The molecule has 0 aliphatic rings. The Labute approximate surface area is 93.1 Å². The Bertz CT molecular complexity index is 243. The third kappa shape index (κ3) is 4.48. The van der Waals surface area contributed by atoms with E-state index in [1.807, 2.05) is 0 Å². The maximum Gasteiger partial charge on any atom is 0.0431 e. The van der Waals surface area contributed by atoms with Crippen LogP contribution in [0.1, 0.15) is 50.5 Å². The summed E-state index contributed by atoms with van der Waals surface area (Å²) in [5.41, 5.74) is 1.46. The van der Waals surface area contributed by atoms with E-state index in [0.717, 1.165) is 12.8 Å². The molecule has 1 aromatic carbocycles. The highest BCUT2D eigenvalue weighted by atomic mass is 16.2. The van der Waals surface area contributed by atoms with Crippen LogP contribution in [0.2, 0.25) is 0 Å². The average Bonchev–Trinajstić information content (AvgIpc) is 2.30. The summed E-state index contributed by atoms with van der Waals surface area (Å²) >= 11 is 0. The van der Waals surface area contributed by atoms with Gasteiger partial charge in [-0.25, -0.2) is 0 Å². The highest BCUT2D eigenvalue weighted by Crippen LogP contribution is 2.25. The molecule has 84 valence electrons. The second-order valence-corrected chi connectivity index (χ2v) is 4.09. The van der Waals surface area contributed by atoms with Crippen molar-refractivity contribution in [2.24, 2.45) is 0 Å². The molecule has 0 aliphatic heterocycles. The Morgan fingerprint density at radius 3 is 2.40 bits per heavy atom. The molecule has 1 rings (SSSR count). The van der Waals surface area contributed by atoms with Crippen LogP contribution in [0, 0.1) is 0 Å². The molecule has 0 aromatic heterocycles. The van der Waals surface area contributed by atoms with E-state index in [1.165, 1.54) is 24.8 Å². The second kappa shape index (κ2) is 7.47. The van der Waals surface area contributed by atoms with Crippen molar-refractivity contribution in [3.05, 3.63) is 35.9 Å². The molecule has 1 atom stereocenters. The van der Waals surface area contributed by atoms with Crippen LogP contribution in [0.3, 0.4) is 0 Å². The monoisotopic (exact) mass is 206 g/mol. The summed E-state index contributed by atoms with van der Waals surface area (Å²) in [5.74, 6) is 0.699. The molecule has 0 aliphatic carbocycles. The van der Waals surface area contributed by atoms with Gasteiger partial charge in [-0.05, 0) is 30.7 Å². The fourth-order valence-electron chi connectivity index (χ4n) is 2.01. The molecule has 0 spiro atoms. The molecule has 15 heavy (non-hydrogen) atoms. The Hall–Kier alpha value is -0.820. The van der Waals surface area contributed by atoms with Gasteiger partial charge in [0, 0.05) is 6.61 Å². The van der Waals surface area contributed by atoms with Crippen LogP contribution >= 0.6 is 0 Å². The molecule has 0 saturated heterocycles. The van der Waals surface area contributed by atoms with E-state index >= 15 is 0 Å². The van der Waals surface area contributed by atoms with E-state index < -0.39 is 0 Å². The topological polar surface area (TPSA) is 20.2 Å². The Kier molecular flexibility index (Phi) is 6.10. The molecule has 0 fully saturated rings. The van der Waals surface area contributed by atoms with E-state index in [1.54, 1.807) is 0 Å². The van der Waals surface area contributed by atoms with Crippen LogP contribution in [-0.4, -0.2) is 11.7 Å². The Balaban J connectivity index is 2.36. The quantitative estimate of drug-likeness (QED) is 0.674. The zero-order valence-electron chi connectivity index (χ0n) is 9.65. The molecule has 0 radical (unpaired) electrons. The zero-order valence-corrected chi connectivity index (χ0v) is 9.65. The molecule has 1 aromatic rings. The Morgan fingerprint density at radius 2 is 1.80 bits per heavy atom. The van der Waals surface area contributed by atoms with Crippen molar-refractivity contribution in [2.75, 3.05) is 6.61 Å². The Morgan fingerprint density at radius 1 is 1.07 bits per heavy atom. The average molecular weight is 206 g/mol. The number of rotatable bonds is 7. The van der Waals surface area contributed by atoms with Gasteiger partial charge in [0.15, 0.2) is 0 Å². The predicted molar refractivity (Wildman–Crippen MR) is 65.0 cm³/mol. The molecule has 1 N–H and O–H groups in total. The molecule has 0 saturated carbocycles. The lowest BCUT2D eigenvalue weighted by molar-refractivity contribution is 0.281. The molecule has 1 nitrogen and oxygen atoms in total. The number of benzene rings is 1. The second-order valence-electron chi connectivity index (χ2n) is 4.09. The zero-order chi connectivity index (χ0) is 10.9. The van der Waals surface area contributed by atoms with Gasteiger partial charge in [0.1, 0.15) is 0 Å². The molecule has 0 amide bonds. The smallest absolute Gasteiger partial charge is 0.0431 e. The minimum Gasteiger partial charge on any atom is -0.396 e.